The number of piperidine rings is 1. The lowest BCUT2D eigenvalue weighted by atomic mass is 9.97. The summed E-state index contributed by atoms with van der Waals surface area (Å²) in [5, 5.41) is 3.85. The highest BCUT2D eigenvalue weighted by Gasteiger charge is 2.24. The third-order valence-electron chi connectivity index (χ3n) is 9.19. The van der Waals surface area contributed by atoms with Crippen molar-refractivity contribution in [3.8, 4) is 0 Å². The zero-order valence-electron chi connectivity index (χ0n) is 27.5. The molecule has 6 rings (SSSR count). The zero-order chi connectivity index (χ0) is 34.7. The average molecular weight is 703 g/mol. The molecule has 0 aliphatic carbocycles. The Bertz CT molecular complexity index is 2070. The maximum atomic E-state index is 13.6. The van der Waals surface area contributed by atoms with Crippen LogP contribution in [0.15, 0.2) is 93.7 Å². The molecule has 1 aromatic heterocycles. The van der Waals surface area contributed by atoms with Gasteiger partial charge in [-0.3, -0.25) is 18.7 Å². The number of para-hydroxylation sites is 1. The van der Waals surface area contributed by atoms with Crippen LogP contribution >= 0.6 is 11.6 Å². The molecule has 0 radical (unpaired) electrons. The van der Waals surface area contributed by atoms with Gasteiger partial charge in [0.1, 0.15) is 5.58 Å². The fourth-order valence-corrected chi connectivity index (χ4v) is 7.05. The lowest BCUT2D eigenvalue weighted by Gasteiger charge is -2.33. The van der Waals surface area contributed by atoms with Crippen LogP contribution in [0.3, 0.4) is 0 Å². The van der Waals surface area contributed by atoms with Gasteiger partial charge in [0, 0.05) is 56.4 Å². The number of likely N-dealkylation sites (tertiary alicyclic amines) is 1. The summed E-state index contributed by atoms with van der Waals surface area (Å²) in [6.07, 6.45) is 6.82. The molecule has 0 saturated carbocycles. The third kappa shape index (κ3) is 8.17. The Morgan fingerprint density at radius 3 is 2.43 bits per heavy atom. The second-order valence-corrected chi connectivity index (χ2v) is 15.1. The number of halogens is 1. The van der Waals surface area contributed by atoms with E-state index in [1.807, 2.05) is 41.3 Å². The van der Waals surface area contributed by atoms with Gasteiger partial charge in [0.25, 0.3) is 5.91 Å². The smallest absolute Gasteiger partial charge is 0.287 e. The van der Waals surface area contributed by atoms with Crippen LogP contribution in [0.25, 0.3) is 11.0 Å². The highest BCUT2D eigenvalue weighted by molar-refractivity contribution is 7.92. The van der Waals surface area contributed by atoms with E-state index in [9.17, 15) is 22.8 Å². The highest BCUT2D eigenvalue weighted by Crippen LogP contribution is 2.29. The first-order chi connectivity index (χ1) is 23.4. The van der Waals surface area contributed by atoms with Gasteiger partial charge in [-0.15, -0.1) is 0 Å². The number of carbonyl (C=O) groups is 2. The number of benzene rings is 3. The van der Waals surface area contributed by atoms with Crippen LogP contribution in [0, 0.1) is 0 Å². The molecule has 1 N–H and O–H groups in total. The number of fused-ring (bicyclic) bond motifs is 1. The van der Waals surface area contributed by atoms with E-state index in [-0.39, 0.29) is 22.6 Å². The Morgan fingerprint density at radius 1 is 1.00 bits per heavy atom. The minimum absolute atomic E-state index is 0.135. The second-order valence-electron chi connectivity index (χ2n) is 12.7. The van der Waals surface area contributed by atoms with E-state index in [1.54, 1.807) is 0 Å². The van der Waals surface area contributed by atoms with E-state index >= 15 is 0 Å². The zero-order valence-corrected chi connectivity index (χ0v) is 29.1. The molecule has 0 spiro atoms. The van der Waals surface area contributed by atoms with Crippen LogP contribution in [-0.2, 0) is 27.8 Å². The summed E-state index contributed by atoms with van der Waals surface area (Å²) in [5.74, 6) is -0.457. The molecule has 3 aromatic carbocycles. The number of nitrogens with one attached hydrogen (secondary N) is 1. The molecule has 256 valence electrons. The standard InChI is InChI=1S/C37H39ClN4O6S/c1-40(49(2,46)47)30-13-14-34-31(22-30)33(43)23-35(48-34)37(45)39-29(20-25-9-11-28(38)12-10-25)21-26-15-18-41(19-16-26)32-7-4-3-6-27(32)24-42-17-5-8-36(42)44/h3-4,6-7,9-14,21-23,29H,5,8,15-20,24H2,1-2H3,(H,39,45)/t29-/m1/s1. The highest BCUT2D eigenvalue weighted by atomic mass is 35.5. The van der Waals surface area contributed by atoms with E-state index < -0.39 is 27.4 Å². The summed E-state index contributed by atoms with van der Waals surface area (Å²) >= 11 is 6.13. The fourth-order valence-electron chi connectivity index (χ4n) is 6.42. The molecule has 4 aromatic rings. The van der Waals surface area contributed by atoms with Crippen LogP contribution in [0.2, 0.25) is 5.02 Å². The SMILES string of the molecule is CN(c1ccc2oc(C(=O)N[C@@H](C=C3CCN(c4ccccc4CN4CCCC4=O)CC3)Cc3ccc(Cl)cc3)cc(=O)c2c1)S(C)(=O)=O. The number of carbonyl (C=O) groups excluding carboxylic acids is 2. The molecular formula is C37H39ClN4O6S. The molecule has 1 atom stereocenters. The summed E-state index contributed by atoms with van der Waals surface area (Å²) in [6, 6.07) is 20.9. The number of anilines is 2. The van der Waals surface area contributed by atoms with Gasteiger partial charge in [-0.1, -0.05) is 53.6 Å². The molecule has 12 heteroatoms. The monoisotopic (exact) mass is 702 g/mol. The number of sulfonamides is 1. The van der Waals surface area contributed by atoms with Crippen molar-refractivity contribution in [1.82, 2.24) is 10.2 Å². The predicted octanol–water partition coefficient (Wildman–Crippen LogP) is 5.53. The summed E-state index contributed by atoms with van der Waals surface area (Å²) in [7, 11) is -2.13. The van der Waals surface area contributed by atoms with E-state index in [0.717, 1.165) is 72.3 Å². The molecule has 3 heterocycles. The lowest BCUT2D eigenvalue weighted by molar-refractivity contribution is -0.128. The molecule has 10 nitrogen and oxygen atoms in total. The molecule has 2 aliphatic heterocycles. The maximum Gasteiger partial charge on any atom is 0.287 e. The largest absolute Gasteiger partial charge is 0.451 e. The summed E-state index contributed by atoms with van der Waals surface area (Å²) in [6.45, 7) is 3.02. The fraction of sp³-hybridized carbons (Fsp3) is 0.324. The summed E-state index contributed by atoms with van der Waals surface area (Å²) in [5.41, 5.74) is 4.52. The van der Waals surface area contributed by atoms with Gasteiger partial charge in [0.2, 0.25) is 15.9 Å². The molecule has 2 saturated heterocycles. The lowest BCUT2D eigenvalue weighted by Crippen LogP contribution is -2.37. The molecule has 2 fully saturated rings. The van der Waals surface area contributed by atoms with Gasteiger partial charge in [0.05, 0.1) is 23.4 Å². The van der Waals surface area contributed by atoms with Gasteiger partial charge in [0.15, 0.2) is 11.2 Å². The van der Waals surface area contributed by atoms with Crippen LogP contribution in [0.5, 0.6) is 0 Å². The van der Waals surface area contributed by atoms with Crippen molar-refractivity contribution in [2.75, 3.05) is 42.1 Å². The Hall–Kier alpha value is -4.61. The Labute approximate surface area is 291 Å². The summed E-state index contributed by atoms with van der Waals surface area (Å²) in [4.78, 5) is 43.2. The number of amides is 2. The van der Waals surface area contributed by atoms with E-state index in [4.69, 9.17) is 16.0 Å². The van der Waals surface area contributed by atoms with E-state index in [1.165, 1.54) is 30.8 Å². The molecule has 0 unspecified atom stereocenters. The van der Waals surface area contributed by atoms with Crippen molar-refractivity contribution in [3.05, 3.63) is 117 Å². The molecular weight excluding hydrogens is 664 g/mol. The molecule has 0 bridgehead atoms. The van der Waals surface area contributed by atoms with Gasteiger partial charge in [-0.2, -0.15) is 0 Å². The number of nitrogens with zero attached hydrogens (tertiary/aromatic N) is 3. The van der Waals surface area contributed by atoms with Gasteiger partial charge in [-0.05, 0) is 73.2 Å². The quantitative estimate of drug-likeness (QED) is 0.216. The van der Waals surface area contributed by atoms with Crippen molar-refractivity contribution in [1.29, 1.82) is 0 Å². The molecule has 2 aliphatic rings. The van der Waals surface area contributed by atoms with Crippen molar-refractivity contribution in [2.24, 2.45) is 0 Å². The topological polar surface area (TPSA) is 120 Å². The number of rotatable bonds is 10. The van der Waals surface area contributed by atoms with Crippen molar-refractivity contribution in [2.45, 2.75) is 44.7 Å². The molecule has 2 amide bonds. The Balaban J connectivity index is 1.20. The minimum Gasteiger partial charge on any atom is -0.451 e. The Morgan fingerprint density at radius 2 is 1.73 bits per heavy atom. The normalized spacial score (nSPS) is 15.8. The van der Waals surface area contributed by atoms with Crippen molar-refractivity contribution < 1.29 is 22.4 Å². The Kier molecular flexibility index (Phi) is 10.1. The van der Waals surface area contributed by atoms with Crippen LogP contribution in [0.1, 0.15) is 47.4 Å². The van der Waals surface area contributed by atoms with E-state index in [2.05, 4.69) is 28.4 Å². The van der Waals surface area contributed by atoms with Crippen molar-refractivity contribution >= 4 is 55.8 Å². The van der Waals surface area contributed by atoms with Gasteiger partial charge >= 0.3 is 0 Å². The van der Waals surface area contributed by atoms with Crippen LogP contribution < -0.4 is 20.0 Å². The number of hydrogen-bond acceptors (Lipinski definition) is 7. The van der Waals surface area contributed by atoms with Gasteiger partial charge in [-0.25, -0.2) is 8.42 Å². The first-order valence-electron chi connectivity index (χ1n) is 16.3. The third-order valence-corrected chi connectivity index (χ3v) is 10.6. The minimum atomic E-state index is -3.53. The number of hydrogen-bond donors (Lipinski definition) is 1. The van der Waals surface area contributed by atoms with E-state index in [0.29, 0.717) is 30.1 Å². The average Bonchev–Trinajstić information content (AvgIpc) is 3.49. The van der Waals surface area contributed by atoms with Crippen LogP contribution in [-0.4, -0.2) is 64.1 Å². The predicted molar refractivity (Wildman–Crippen MR) is 193 cm³/mol. The summed E-state index contributed by atoms with van der Waals surface area (Å²) < 4.78 is 30.9. The van der Waals surface area contributed by atoms with Crippen LogP contribution in [0.4, 0.5) is 11.4 Å². The second kappa shape index (κ2) is 14.5. The van der Waals surface area contributed by atoms with Gasteiger partial charge < -0.3 is 19.5 Å². The molecule has 49 heavy (non-hydrogen) atoms. The first-order valence-corrected chi connectivity index (χ1v) is 18.5. The van der Waals surface area contributed by atoms with Crippen molar-refractivity contribution in [3.63, 3.8) is 0 Å². The maximum absolute atomic E-state index is 13.6. The first kappa shape index (κ1) is 34.3.